The van der Waals surface area contributed by atoms with Gasteiger partial charge in [-0.3, -0.25) is 4.79 Å². The average molecular weight is 306 g/mol. The molecule has 1 amide bonds. The van der Waals surface area contributed by atoms with E-state index >= 15 is 0 Å². The molecule has 7 heteroatoms. The number of hydrogen-bond acceptors (Lipinski definition) is 5. The highest BCUT2D eigenvalue weighted by atomic mass is 16.2. The summed E-state index contributed by atoms with van der Waals surface area (Å²) in [6.07, 6.45) is 7.65. The maximum Gasteiger partial charge on any atom is 0.245 e. The molecule has 1 aliphatic heterocycles. The van der Waals surface area contributed by atoms with Gasteiger partial charge >= 0.3 is 0 Å². The maximum absolute atomic E-state index is 12.0. The number of rotatable bonds is 8. The molecule has 0 spiro atoms. The number of aryl methyl sites for hydroxylation is 1. The van der Waals surface area contributed by atoms with E-state index in [2.05, 4.69) is 22.1 Å². The summed E-state index contributed by atoms with van der Waals surface area (Å²) in [7, 11) is 1.98. The van der Waals surface area contributed by atoms with Crippen molar-refractivity contribution < 1.29 is 4.79 Å². The van der Waals surface area contributed by atoms with E-state index in [0.29, 0.717) is 6.42 Å². The molecule has 22 heavy (non-hydrogen) atoms. The predicted molar refractivity (Wildman–Crippen MR) is 85.6 cm³/mol. The van der Waals surface area contributed by atoms with E-state index in [-0.39, 0.29) is 5.91 Å². The van der Waals surface area contributed by atoms with Crippen molar-refractivity contribution in [2.75, 3.05) is 31.6 Å². The van der Waals surface area contributed by atoms with Crippen LogP contribution in [0.4, 0.5) is 5.95 Å². The standard InChI is InChI=1S/C15H26N6O/c1-3-4-10-19(2)15-16-17-18-21(15)13-8-12-20-11-7-5-6-9-14(20)22/h3H,1,4-13H2,2H3. The fourth-order valence-electron chi connectivity index (χ4n) is 2.69. The summed E-state index contributed by atoms with van der Waals surface area (Å²) < 4.78 is 1.81. The fourth-order valence-corrected chi connectivity index (χ4v) is 2.69. The Morgan fingerprint density at radius 3 is 3.00 bits per heavy atom. The van der Waals surface area contributed by atoms with Gasteiger partial charge in [-0.1, -0.05) is 17.6 Å². The quantitative estimate of drug-likeness (QED) is 0.681. The second-order valence-corrected chi connectivity index (χ2v) is 5.75. The molecule has 0 radical (unpaired) electrons. The summed E-state index contributed by atoms with van der Waals surface area (Å²) in [4.78, 5) is 16.0. The fraction of sp³-hybridized carbons (Fsp3) is 0.733. The van der Waals surface area contributed by atoms with Gasteiger partial charge in [-0.2, -0.15) is 0 Å². The summed E-state index contributed by atoms with van der Waals surface area (Å²) in [6, 6.07) is 0. The molecule has 0 atom stereocenters. The largest absolute Gasteiger partial charge is 0.343 e. The van der Waals surface area contributed by atoms with E-state index in [1.807, 2.05) is 27.6 Å². The molecule has 122 valence electrons. The van der Waals surface area contributed by atoms with Crippen LogP contribution >= 0.6 is 0 Å². The van der Waals surface area contributed by atoms with E-state index in [1.165, 1.54) is 0 Å². The van der Waals surface area contributed by atoms with Crippen LogP contribution in [0.3, 0.4) is 0 Å². The molecule has 1 aromatic rings. The van der Waals surface area contributed by atoms with Gasteiger partial charge in [0.1, 0.15) is 0 Å². The first-order valence-corrected chi connectivity index (χ1v) is 8.08. The number of carbonyl (C=O) groups excluding carboxylic acids is 1. The van der Waals surface area contributed by atoms with Crippen molar-refractivity contribution in [3.63, 3.8) is 0 Å². The molecule has 2 heterocycles. The first-order valence-electron chi connectivity index (χ1n) is 8.08. The highest BCUT2D eigenvalue weighted by molar-refractivity contribution is 5.76. The third-order valence-electron chi connectivity index (χ3n) is 3.99. The Bertz CT molecular complexity index is 486. The summed E-state index contributed by atoms with van der Waals surface area (Å²) in [5.41, 5.74) is 0. The Morgan fingerprint density at radius 1 is 1.32 bits per heavy atom. The first-order chi connectivity index (χ1) is 10.7. The Morgan fingerprint density at radius 2 is 2.18 bits per heavy atom. The Labute approximate surface area is 132 Å². The molecular weight excluding hydrogens is 280 g/mol. The van der Waals surface area contributed by atoms with Gasteiger partial charge in [-0.05, 0) is 36.1 Å². The minimum atomic E-state index is 0.289. The summed E-state index contributed by atoms with van der Waals surface area (Å²) in [5, 5.41) is 11.9. The normalized spacial score (nSPS) is 15.7. The zero-order chi connectivity index (χ0) is 15.8. The van der Waals surface area contributed by atoms with Gasteiger partial charge in [-0.25, -0.2) is 4.68 Å². The van der Waals surface area contributed by atoms with Gasteiger partial charge in [-0.15, -0.1) is 6.58 Å². The first kappa shape index (κ1) is 16.5. The van der Waals surface area contributed by atoms with Crippen molar-refractivity contribution in [3.05, 3.63) is 12.7 Å². The van der Waals surface area contributed by atoms with Gasteiger partial charge in [0.2, 0.25) is 11.9 Å². The Balaban J connectivity index is 1.82. The van der Waals surface area contributed by atoms with Crippen LogP contribution in [-0.2, 0) is 11.3 Å². The third-order valence-corrected chi connectivity index (χ3v) is 3.99. The summed E-state index contributed by atoms with van der Waals surface area (Å²) in [5.74, 6) is 1.06. The lowest BCUT2D eigenvalue weighted by atomic mass is 10.2. The number of aromatic nitrogens is 4. The predicted octanol–water partition coefficient (Wildman–Crippen LogP) is 1.48. The molecule has 1 aliphatic rings. The Hall–Kier alpha value is -1.92. The van der Waals surface area contributed by atoms with Gasteiger partial charge in [0, 0.05) is 39.6 Å². The molecule has 1 fully saturated rings. The molecule has 0 bridgehead atoms. The van der Waals surface area contributed by atoms with Gasteiger partial charge in [0.05, 0.1) is 0 Å². The topological polar surface area (TPSA) is 67.2 Å². The van der Waals surface area contributed by atoms with Crippen molar-refractivity contribution in [1.82, 2.24) is 25.1 Å². The molecule has 0 N–H and O–H groups in total. The number of carbonyl (C=O) groups is 1. The van der Waals surface area contributed by atoms with Gasteiger partial charge in [0.25, 0.3) is 0 Å². The minimum absolute atomic E-state index is 0.289. The lowest BCUT2D eigenvalue weighted by Crippen LogP contribution is -2.32. The minimum Gasteiger partial charge on any atom is -0.343 e. The van der Waals surface area contributed by atoms with E-state index in [0.717, 1.165) is 64.2 Å². The number of tetrazole rings is 1. The van der Waals surface area contributed by atoms with Crippen molar-refractivity contribution in [2.45, 2.75) is 45.1 Å². The summed E-state index contributed by atoms with van der Waals surface area (Å²) in [6.45, 7) is 6.97. The van der Waals surface area contributed by atoms with Crippen LogP contribution in [0.15, 0.2) is 12.7 Å². The number of anilines is 1. The molecule has 0 aliphatic carbocycles. The average Bonchev–Trinajstić information content (AvgIpc) is 2.89. The second kappa shape index (κ2) is 8.51. The van der Waals surface area contributed by atoms with E-state index in [9.17, 15) is 4.79 Å². The number of hydrogen-bond donors (Lipinski definition) is 0. The monoisotopic (exact) mass is 306 g/mol. The third kappa shape index (κ3) is 4.54. The molecular formula is C15H26N6O. The van der Waals surface area contributed by atoms with Gasteiger partial charge in [0.15, 0.2) is 0 Å². The van der Waals surface area contributed by atoms with Crippen molar-refractivity contribution in [2.24, 2.45) is 0 Å². The van der Waals surface area contributed by atoms with E-state index in [1.54, 1.807) is 0 Å². The lowest BCUT2D eigenvalue weighted by molar-refractivity contribution is -0.130. The number of likely N-dealkylation sites (tertiary alicyclic amines) is 1. The molecule has 1 aromatic heterocycles. The second-order valence-electron chi connectivity index (χ2n) is 5.75. The van der Waals surface area contributed by atoms with Crippen molar-refractivity contribution >= 4 is 11.9 Å². The summed E-state index contributed by atoms with van der Waals surface area (Å²) >= 11 is 0. The maximum atomic E-state index is 12.0. The molecule has 0 unspecified atom stereocenters. The van der Waals surface area contributed by atoms with Gasteiger partial charge < -0.3 is 9.80 Å². The zero-order valence-corrected chi connectivity index (χ0v) is 13.4. The zero-order valence-electron chi connectivity index (χ0n) is 13.4. The number of nitrogens with zero attached hydrogens (tertiary/aromatic N) is 6. The van der Waals surface area contributed by atoms with Crippen LogP contribution in [0.25, 0.3) is 0 Å². The molecule has 1 saturated heterocycles. The van der Waals surface area contributed by atoms with Crippen LogP contribution in [-0.4, -0.2) is 57.7 Å². The lowest BCUT2D eigenvalue weighted by Gasteiger charge is -2.21. The van der Waals surface area contributed by atoms with Crippen LogP contribution in [0, 0.1) is 0 Å². The van der Waals surface area contributed by atoms with Crippen molar-refractivity contribution in [3.8, 4) is 0 Å². The molecule has 7 nitrogen and oxygen atoms in total. The Kier molecular flexibility index (Phi) is 6.36. The smallest absolute Gasteiger partial charge is 0.245 e. The van der Waals surface area contributed by atoms with Crippen LogP contribution in [0.2, 0.25) is 0 Å². The highest BCUT2D eigenvalue weighted by Gasteiger charge is 2.16. The van der Waals surface area contributed by atoms with Crippen LogP contribution in [0.1, 0.15) is 38.5 Å². The number of amides is 1. The molecule has 0 aromatic carbocycles. The van der Waals surface area contributed by atoms with Crippen LogP contribution in [0.5, 0.6) is 0 Å². The molecule has 0 saturated carbocycles. The van der Waals surface area contributed by atoms with Crippen LogP contribution < -0.4 is 4.90 Å². The van der Waals surface area contributed by atoms with Crippen molar-refractivity contribution in [1.29, 1.82) is 0 Å². The van der Waals surface area contributed by atoms with E-state index < -0.39 is 0 Å². The SMILES string of the molecule is C=CCCN(C)c1nnnn1CCCN1CCCCCC1=O. The van der Waals surface area contributed by atoms with E-state index in [4.69, 9.17) is 0 Å². The molecule has 2 rings (SSSR count). The highest BCUT2D eigenvalue weighted by Crippen LogP contribution is 2.12.